The fourth-order valence-electron chi connectivity index (χ4n) is 2.77. The van der Waals surface area contributed by atoms with Gasteiger partial charge in [-0.1, -0.05) is 30.3 Å². The number of methoxy groups -OCH3 is 1. The quantitative estimate of drug-likeness (QED) is 0.485. The Kier molecular flexibility index (Phi) is 4.47. The number of phenolic OH excluding ortho intramolecular Hbond substituents is 1. The zero-order valence-corrected chi connectivity index (χ0v) is 14.8. The lowest BCUT2D eigenvalue weighted by Gasteiger charge is -2.29. The topological polar surface area (TPSA) is 76.0 Å². The molecule has 0 aliphatic carbocycles. The van der Waals surface area contributed by atoms with E-state index < -0.39 is 11.4 Å². The number of rotatable bonds is 4. The van der Waals surface area contributed by atoms with E-state index in [0.717, 1.165) is 6.08 Å². The molecule has 0 aromatic heterocycles. The van der Waals surface area contributed by atoms with Crippen LogP contribution in [0.4, 0.5) is 0 Å². The largest absolute Gasteiger partial charge is 0.507 e. The number of aliphatic hydroxyl groups is 1. The number of aromatic hydroxyl groups is 1. The molecule has 2 aromatic rings. The summed E-state index contributed by atoms with van der Waals surface area (Å²) in [5.74, 6) is -0.397. The number of aliphatic hydroxyl groups excluding tert-OH is 1. The van der Waals surface area contributed by atoms with E-state index in [0.29, 0.717) is 16.9 Å². The van der Waals surface area contributed by atoms with Crippen LogP contribution in [-0.2, 0) is 0 Å². The van der Waals surface area contributed by atoms with Crippen molar-refractivity contribution in [2.75, 3.05) is 7.11 Å². The zero-order valence-electron chi connectivity index (χ0n) is 14.8. The van der Waals surface area contributed by atoms with Crippen molar-refractivity contribution in [2.24, 2.45) is 0 Å². The Morgan fingerprint density at radius 2 is 1.92 bits per heavy atom. The Morgan fingerprint density at radius 3 is 2.58 bits per heavy atom. The number of fused-ring (bicyclic) bond motifs is 1. The number of hydrogen-bond donors (Lipinski definition) is 2. The molecular weight excluding hydrogens is 332 g/mol. The van der Waals surface area contributed by atoms with Crippen LogP contribution in [0.3, 0.4) is 0 Å². The van der Waals surface area contributed by atoms with Gasteiger partial charge in [-0.2, -0.15) is 0 Å². The van der Waals surface area contributed by atoms with Crippen LogP contribution >= 0.6 is 0 Å². The fourth-order valence-corrected chi connectivity index (χ4v) is 2.77. The summed E-state index contributed by atoms with van der Waals surface area (Å²) in [6.07, 6.45) is 4.58. The molecule has 3 rings (SSSR count). The van der Waals surface area contributed by atoms with Gasteiger partial charge in [0.15, 0.2) is 5.78 Å². The monoisotopic (exact) mass is 352 g/mol. The summed E-state index contributed by atoms with van der Waals surface area (Å²) in [7, 11) is 1.41. The summed E-state index contributed by atoms with van der Waals surface area (Å²) in [6.45, 7) is 3.77. The molecule has 2 aromatic carbocycles. The van der Waals surface area contributed by atoms with Crippen molar-refractivity contribution in [3.05, 3.63) is 65.2 Å². The molecule has 0 spiro atoms. The molecule has 1 aliphatic heterocycles. The van der Waals surface area contributed by atoms with Crippen molar-refractivity contribution in [1.29, 1.82) is 0 Å². The number of benzene rings is 2. The lowest BCUT2D eigenvalue weighted by molar-refractivity contribution is 0.104. The van der Waals surface area contributed by atoms with Gasteiger partial charge in [-0.25, -0.2) is 0 Å². The number of phenols is 1. The number of hydrogen-bond acceptors (Lipinski definition) is 5. The predicted molar refractivity (Wildman–Crippen MR) is 99.8 cm³/mol. The fraction of sp³-hybridized carbons (Fsp3) is 0.190. The van der Waals surface area contributed by atoms with Gasteiger partial charge >= 0.3 is 0 Å². The van der Waals surface area contributed by atoms with E-state index in [1.807, 2.05) is 19.9 Å². The summed E-state index contributed by atoms with van der Waals surface area (Å²) in [6, 6.07) is 10.3. The predicted octanol–water partition coefficient (Wildman–Crippen LogP) is 4.37. The summed E-state index contributed by atoms with van der Waals surface area (Å²) < 4.78 is 11.1. The third-order valence-electron chi connectivity index (χ3n) is 4.09. The van der Waals surface area contributed by atoms with Gasteiger partial charge in [-0.15, -0.1) is 0 Å². The van der Waals surface area contributed by atoms with E-state index in [1.165, 1.54) is 7.11 Å². The van der Waals surface area contributed by atoms with Crippen LogP contribution in [0.5, 0.6) is 17.2 Å². The molecule has 134 valence electrons. The minimum atomic E-state index is -0.568. The molecule has 5 heteroatoms. The summed E-state index contributed by atoms with van der Waals surface area (Å²) >= 11 is 0. The van der Waals surface area contributed by atoms with Crippen LogP contribution in [0.1, 0.15) is 35.3 Å². The van der Waals surface area contributed by atoms with E-state index in [1.54, 1.807) is 42.5 Å². The van der Waals surface area contributed by atoms with Crippen molar-refractivity contribution in [2.45, 2.75) is 19.4 Å². The highest BCUT2D eigenvalue weighted by atomic mass is 16.5. The highest BCUT2D eigenvalue weighted by Crippen LogP contribution is 2.43. The highest BCUT2D eigenvalue weighted by molar-refractivity contribution is 6.12. The van der Waals surface area contributed by atoms with Crippen LogP contribution < -0.4 is 9.47 Å². The molecule has 0 saturated carbocycles. The van der Waals surface area contributed by atoms with E-state index in [2.05, 4.69) is 0 Å². The molecular formula is C21H20O5. The van der Waals surface area contributed by atoms with Gasteiger partial charge in [0.2, 0.25) is 0 Å². The summed E-state index contributed by atoms with van der Waals surface area (Å²) in [5.41, 5.74) is 0.353. The molecule has 0 atom stereocenters. The van der Waals surface area contributed by atoms with Crippen LogP contribution in [0.2, 0.25) is 0 Å². The number of carbonyl (C=O) groups is 1. The van der Waals surface area contributed by atoms with E-state index >= 15 is 0 Å². The first-order chi connectivity index (χ1) is 12.3. The molecule has 0 unspecified atom stereocenters. The Bertz CT molecular complexity index is 908. The Labute approximate surface area is 151 Å². The normalized spacial score (nSPS) is 15.1. The van der Waals surface area contributed by atoms with Gasteiger partial charge < -0.3 is 19.7 Å². The first-order valence-electron chi connectivity index (χ1n) is 8.15. The third kappa shape index (κ3) is 3.28. The maximum Gasteiger partial charge on any atom is 0.197 e. The number of ether oxygens (including phenoxy) is 2. The Morgan fingerprint density at radius 1 is 1.23 bits per heavy atom. The average molecular weight is 352 g/mol. The molecule has 1 heterocycles. The van der Waals surface area contributed by atoms with Crippen LogP contribution in [-0.4, -0.2) is 28.7 Å². The smallest absolute Gasteiger partial charge is 0.197 e. The zero-order chi connectivity index (χ0) is 18.9. The summed E-state index contributed by atoms with van der Waals surface area (Å²) in [5, 5.41) is 20.8. The van der Waals surface area contributed by atoms with Gasteiger partial charge in [0.25, 0.3) is 0 Å². The van der Waals surface area contributed by atoms with Gasteiger partial charge in [-0.05, 0) is 26.0 Å². The third-order valence-corrected chi connectivity index (χ3v) is 4.09. The second-order valence-electron chi connectivity index (χ2n) is 6.51. The van der Waals surface area contributed by atoms with Gasteiger partial charge in [0.1, 0.15) is 34.2 Å². The second-order valence-corrected chi connectivity index (χ2v) is 6.51. The molecule has 1 aliphatic rings. The van der Waals surface area contributed by atoms with Gasteiger partial charge in [0, 0.05) is 17.7 Å². The van der Waals surface area contributed by atoms with E-state index in [9.17, 15) is 15.0 Å². The molecule has 5 nitrogen and oxygen atoms in total. The van der Waals surface area contributed by atoms with Crippen molar-refractivity contribution in [3.63, 3.8) is 0 Å². The van der Waals surface area contributed by atoms with Gasteiger partial charge in [0.05, 0.1) is 12.7 Å². The van der Waals surface area contributed by atoms with Gasteiger partial charge in [-0.3, -0.25) is 4.79 Å². The van der Waals surface area contributed by atoms with E-state index in [4.69, 9.17) is 9.47 Å². The Balaban J connectivity index is 2.06. The molecule has 0 amide bonds. The Hall–Kier alpha value is -3.21. The molecule has 0 radical (unpaired) electrons. The maximum absolute atomic E-state index is 12.7. The standard InChI is InChI=1S/C21H20O5/c1-21(2)10-9-14-17(26-21)12-18(25-3)19(20(14)24)16(23)11-15(22)13-7-5-4-6-8-13/h4-12,22,24H,1-3H3/b15-11-. The first-order valence-corrected chi connectivity index (χ1v) is 8.15. The van der Waals surface area contributed by atoms with Crippen molar-refractivity contribution in [1.82, 2.24) is 0 Å². The average Bonchev–Trinajstić information content (AvgIpc) is 2.60. The molecule has 0 fully saturated rings. The van der Waals surface area contributed by atoms with Crippen molar-refractivity contribution < 1.29 is 24.5 Å². The molecule has 2 N–H and O–H groups in total. The lowest BCUT2D eigenvalue weighted by Crippen LogP contribution is -2.27. The van der Waals surface area contributed by atoms with Crippen LogP contribution in [0.15, 0.2) is 48.6 Å². The number of allylic oxidation sites excluding steroid dienone is 1. The van der Waals surface area contributed by atoms with Crippen LogP contribution in [0, 0.1) is 0 Å². The lowest BCUT2D eigenvalue weighted by atomic mass is 9.97. The minimum absolute atomic E-state index is 0.0262. The van der Waals surface area contributed by atoms with E-state index in [-0.39, 0.29) is 22.8 Å². The molecule has 0 bridgehead atoms. The SMILES string of the molecule is COc1cc2c(c(O)c1C(=O)/C=C(\O)c1ccccc1)C=CC(C)(C)O2. The number of carbonyl (C=O) groups excluding carboxylic acids is 1. The van der Waals surface area contributed by atoms with Crippen molar-refractivity contribution >= 4 is 17.6 Å². The number of ketones is 1. The van der Waals surface area contributed by atoms with Crippen LogP contribution in [0.25, 0.3) is 11.8 Å². The highest BCUT2D eigenvalue weighted by Gasteiger charge is 2.28. The van der Waals surface area contributed by atoms with Crippen molar-refractivity contribution in [3.8, 4) is 17.2 Å². The first kappa shape index (κ1) is 17.6. The minimum Gasteiger partial charge on any atom is -0.507 e. The summed E-state index contributed by atoms with van der Waals surface area (Å²) in [4.78, 5) is 12.7. The second kappa shape index (κ2) is 6.59. The molecule has 0 saturated heterocycles. The maximum atomic E-state index is 12.7. The molecule has 26 heavy (non-hydrogen) atoms.